The number of rotatable bonds is 9. The molecule has 2 fully saturated rings. The first-order chi connectivity index (χ1) is 14.8. The van der Waals surface area contributed by atoms with Crippen LogP contribution < -0.4 is 16.5 Å². The van der Waals surface area contributed by atoms with Gasteiger partial charge in [-0.25, -0.2) is 10.6 Å². The van der Waals surface area contributed by atoms with Gasteiger partial charge in [-0.05, 0) is 57.4 Å². The van der Waals surface area contributed by atoms with Crippen LogP contribution in [0.5, 0.6) is 0 Å². The number of amides is 2. The number of nitrogens with two attached hydrogens (primary N) is 1. The third-order valence-corrected chi connectivity index (χ3v) is 6.17. The van der Waals surface area contributed by atoms with E-state index >= 15 is 0 Å². The van der Waals surface area contributed by atoms with Crippen LogP contribution >= 0.6 is 0 Å². The normalized spacial score (nSPS) is 22.5. The van der Waals surface area contributed by atoms with Gasteiger partial charge in [0.15, 0.2) is 5.82 Å². The first kappa shape index (κ1) is 23.1. The second-order valence-corrected chi connectivity index (χ2v) is 9.21. The third kappa shape index (κ3) is 6.72. The van der Waals surface area contributed by atoms with Crippen LogP contribution in [0, 0.1) is 0 Å². The fourth-order valence-electron chi connectivity index (χ4n) is 4.40. The highest BCUT2D eigenvalue weighted by Crippen LogP contribution is 2.36. The van der Waals surface area contributed by atoms with Crippen LogP contribution in [0.1, 0.15) is 83.2 Å². The number of hydrogen-bond donors (Lipinski definition) is 4. The Morgan fingerprint density at radius 1 is 1.42 bits per heavy atom. The number of aromatic nitrogens is 2. The van der Waals surface area contributed by atoms with Crippen molar-refractivity contribution >= 4 is 17.8 Å². The molecule has 2 aliphatic carbocycles. The lowest BCUT2D eigenvalue weighted by atomic mass is 9.79. The number of ether oxygens (including phenoxy) is 1. The Balaban J connectivity index is 1.47. The molecule has 0 aliphatic heterocycles. The number of nitrogens with zero attached hydrogens (tertiary/aromatic N) is 2. The Morgan fingerprint density at radius 2 is 2.19 bits per heavy atom. The van der Waals surface area contributed by atoms with Gasteiger partial charge in [0.1, 0.15) is 6.10 Å². The van der Waals surface area contributed by atoms with E-state index in [2.05, 4.69) is 34.7 Å². The van der Waals surface area contributed by atoms with Gasteiger partial charge in [-0.2, -0.15) is 5.10 Å². The van der Waals surface area contributed by atoms with Crippen LogP contribution in [0.25, 0.3) is 0 Å². The molecule has 9 nitrogen and oxygen atoms in total. The van der Waals surface area contributed by atoms with E-state index in [1.54, 1.807) is 13.2 Å². The number of hydrogen-bond acceptors (Lipinski definition) is 6. The van der Waals surface area contributed by atoms with E-state index in [0.717, 1.165) is 62.6 Å². The molecule has 1 aromatic heterocycles. The first-order valence-corrected chi connectivity index (χ1v) is 11.3. The summed E-state index contributed by atoms with van der Waals surface area (Å²) in [5.41, 5.74) is 1.83. The summed E-state index contributed by atoms with van der Waals surface area (Å²) in [5, 5.41) is 14.6. The molecule has 1 heterocycles. The van der Waals surface area contributed by atoms with Crippen molar-refractivity contribution in [2.75, 3.05) is 12.4 Å². The number of carbonyl (C=O) groups excluding carboxylic acids is 2. The highest BCUT2D eigenvalue weighted by Gasteiger charge is 2.35. The van der Waals surface area contributed by atoms with Crippen molar-refractivity contribution in [3.05, 3.63) is 23.5 Å². The van der Waals surface area contributed by atoms with Gasteiger partial charge in [0, 0.05) is 42.9 Å². The van der Waals surface area contributed by atoms with E-state index in [9.17, 15) is 9.59 Å². The monoisotopic (exact) mass is 432 g/mol. The fourth-order valence-corrected chi connectivity index (χ4v) is 4.40. The molecule has 0 aromatic carbocycles. The summed E-state index contributed by atoms with van der Waals surface area (Å²) < 4.78 is 5.63. The molecule has 0 bridgehead atoms. The summed E-state index contributed by atoms with van der Waals surface area (Å²) in [6.45, 7) is 4.13. The van der Waals surface area contributed by atoms with E-state index in [-0.39, 0.29) is 36.0 Å². The molecule has 2 saturated carbocycles. The second-order valence-electron chi connectivity index (χ2n) is 9.21. The van der Waals surface area contributed by atoms with E-state index in [4.69, 9.17) is 10.6 Å². The molecule has 1 aromatic rings. The Labute approximate surface area is 184 Å². The van der Waals surface area contributed by atoms with E-state index in [1.807, 2.05) is 6.07 Å². The molecule has 172 valence electrons. The zero-order valence-electron chi connectivity index (χ0n) is 18.9. The number of carbonyl (C=O) groups is 2. The summed E-state index contributed by atoms with van der Waals surface area (Å²) >= 11 is 0. The Hall–Kier alpha value is -2.55. The lowest BCUT2D eigenvalue weighted by Crippen LogP contribution is -2.51. The maximum atomic E-state index is 12.4. The standard InChI is InChI=1S/C22H36N6O3/c1-4-6-15(14-28(3)23)11-20(29)24-19-13-18(26-27-19)16-7-8-17(12-16)31-21(30)25-22(2)9-5-10-22/h13-14,16-17H,4-12,23H2,1-3H3,(H,25,30)(H2,24,26,27,29)/b15-14+/t16-,17+/m0/s1. The van der Waals surface area contributed by atoms with Crippen molar-refractivity contribution in [3.63, 3.8) is 0 Å². The number of aromatic amines is 1. The minimum Gasteiger partial charge on any atom is -0.446 e. The van der Waals surface area contributed by atoms with Crippen molar-refractivity contribution in [3.8, 4) is 0 Å². The largest absolute Gasteiger partial charge is 0.446 e. The molecule has 2 amide bonds. The van der Waals surface area contributed by atoms with Gasteiger partial charge < -0.3 is 20.4 Å². The molecule has 0 saturated heterocycles. The van der Waals surface area contributed by atoms with Crippen LogP contribution in [0.15, 0.2) is 17.8 Å². The quantitative estimate of drug-likeness (QED) is 0.349. The van der Waals surface area contributed by atoms with Crippen molar-refractivity contribution < 1.29 is 14.3 Å². The predicted molar refractivity (Wildman–Crippen MR) is 119 cm³/mol. The molecular weight excluding hydrogens is 396 g/mol. The van der Waals surface area contributed by atoms with Gasteiger partial charge in [0.25, 0.3) is 0 Å². The van der Waals surface area contributed by atoms with Crippen LogP contribution in [-0.4, -0.2) is 45.9 Å². The molecule has 3 rings (SSSR count). The van der Waals surface area contributed by atoms with Gasteiger partial charge in [-0.15, -0.1) is 0 Å². The van der Waals surface area contributed by atoms with Gasteiger partial charge in [-0.3, -0.25) is 9.89 Å². The fraction of sp³-hybridized carbons (Fsp3) is 0.682. The number of H-pyrrole nitrogens is 1. The minimum absolute atomic E-state index is 0.0926. The van der Waals surface area contributed by atoms with E-state index in [0.29, 0.717) is 5.82 Å². The van der Waals surface area contributed by atoms with E-state index < -0.39 is 0 Å². The molecule has 0 spiro atoms. The van der Waals surface area contributed by atoms with Gasteiger partial charge in [0.2, 0.25) is 5.91 Å². The van der Waals surface area contributed by atoms with Crippen LogP contribution in [0.4, 0.5) is 10.6 Å². The van der Waals surface area contributed by atoms with Gasteiger partial charge in [0.05, 0.1) is 0 Å². The summed E-state index contributed by atoms with van der Waals surface area (Å²) in [6, 6.07) is 1.87. The number of hydrazine groups is 1. The van der Waals surface area contributed by atoms with Crippen LogP contribution in [0.3, 0.4) is 0 Å². The summed E-state index contributed by atoms with van der Waals surface area (Å²) in [6.07, 6.45) is 9.10. The molecule has 5 N–H and O–H groups in total. The van der Waals surface area contributed by atoms with Crippen LogP contribution in [-0.2, 0) is 9.53 Å². The lowest BCUT2D eigenvalue weighted by molar-refractivity contribution is -0.115. The number of nitrogens with one attached hydrogen (secondary N) is 3. The van der Waals surface area contributed by atoms with Gasteiger partial charge in [-0.1, -0.05) is 13.3 Å². The maximum Gasteiger partial charge on any atom is 0.407 e. The Kier molecular flexibility index (Phi) is 7.59. The van der Waals surface area contributed by atoms with Crippen molar-refractivity contribution in [2.24, 2.45) is 5.84 Å². The summed E-state index contributed by atoms with van der Waals surface area (Å²) in [5.74, 6) is 6.31. The molecule has 2 atom stereocenters. The highest BCUT2D eigenvalue weighted by atomic mass is 16.6. The molecule has 9 heteroatoms. The zero-order valence-corrected chi connectivity index (χ0v) is 18.9. The lowest BCUT2D eigenvalue weighted by Gasteiger charge is -2.38. The molecule has 0 unspecified atom stereocenters. The zero-order chi connectivity index (χ0) is 22.4. The topological polar surface area (TPSA) is 125 Å². The number of alkyl carbamates (subject to hydrolysis) is 1. The average molecular weight is 433 g/mol. The van der Waals surface area contributed by atoms with Crippen LogP contribution in [0.2, 0.25) is 0 Å². The molecule has 31 heavy (non-hydrogen) atoms. The molecule has 0 radical (unpaired) electrons. The predicted octanol–water partition coefficient (Wildman–Crippen LogP) is 3.53. The highest BCUT2D eigenvalue weighted by molar-refractivity contribution is 5.91. The smallest absolute Gasteiger partial charge is 0.407 e. The Morgan fingerprint density at radius 3 is 2.84 bits per heavy atom. The SMILES string of the molecule is CCC/C(=C\N(C)N)CC(=O)Nc1cc([C@H]2CC[C@@H](OC(=O)NC3(C)CCC3)C2)[nH]n1. The maximum absolute atomic E-state index is 12.4. The second kappa shape index (κ2) is 10.2. The van der Waals surface area contributed by atoms with Crippen molar-refractivity contribution in [1.29, 1.82) is 0 Å². The molecule has 2 aliphatic rings. The average Bonchev–Trinajstić information content (AvgIpc) is 3.29. The summed E-state index contributed by atoms with van der Waals surface area (Å²) in [4.78, 5) is 24.6. The third-order valence-electron chi connectivity index (χ3n) is 6.17. The van der Waals surface area contributed by atoms with Gasteiger partial charge >= 0.3 is 6.09 Å². The van der Waals surface area contributed by atoms with E-state index in [1.165, 1.54) is 5.01 Å². The Bertz CT molecular complexity index is 799. The number of anilines is 1. The minimum atomic E-state index is -0.315. The molecular formula is C22H36N6O3. The van der Waals surface area contributed by atoms with Crippen molar-refractivity contribution in [1.82, 2.24) is 20.5 Å². The first-order valence-electron chi connectivity index (χ1n) is 11.3. The van der Waals surface area contributed by atoms with Crippen molar-refractivity contribution in [2.45, 2.75) is 89.2 Å². The summed E-state index contributed by atoms with van der Waals surface area (Å²) in [7, 11) is 1.74.